The lowest BCUT2D eigenvalue weighted by Crippen LogP contribution is -2.21. The van der Waals surface area contributed by atoms with Crippen LogP contribution in [0.1, 0.15) is 11.3 Å². The fourth-order valence-corrected chi connectivity index (χ4v) is 2.83. The first-order valence-corrected chi connectivity index (χ1v) is 7.20. The number of halogens is 2. The highest BCUT2D eigenvalue weighted by Crippen LogP contribution is 2.24. The standard InChI is InChI=1S/C16H12Cl2N2O/c1-20-16(21)13-5-3-2-4-12(13)15(19-20)8-10-6-7-11(17)9-14(10)18/h2-7,9H,8H2,1H3. The van der Waals surface area contributed by atoms with E-state index in [-0.39, 0.29) is 5.56 Å². The fourth-order valence-electron chi connectivity index (χ4n) is 2.35. The molecule has 2 aromatic carbocycles. The van der Waals surface area contributed by atoms with Gasteiger partial charge in [-0.2, -0.15) is 5.10 Å². The van der Waals surface area contributed by atoms with Crippen molar-refractivity contribution in [1.29, 1.82) is 0 Å². The van der Waals surface area contributed by atoms with Crippen LogP contribution in [0, 0.1) is 0 Å². The molecule has 3 nitrogen and oxygen atoms in total. The molecular formula is C16H12Cl2N2O. The second-order valence-electron chi connectivity index (χ2n) is 4.83. The summed E-state index contributed by atoms with van der Waals surface area (Å²) in [5.74, 6) is 0. The molecular weight excluding hydrogens is 307 g/mol. The van der Waals surface area contributed by atoms with Crippen LogP contribution in [0.2, 0.25) is 10.0 Å². The Morgan fingerprint density at radius 3 is 2.52 bits per heavy atom. The van der Waals surface area contributed by atoms with E-state index in [0.29, 0.717) is 21.9 Å². The van der Waals surface area contributed by atoms with E-state index in [1.54, 1.807) is 19.2 Å². The Morgan fingerprint density at radius 1 is 1.10 bits per heavy atom. The van der Waals surface area contributed by atoms with E-state index in [0.717, 1.165) is 16.6 Å². The SMILES string of the molecule is Cn1nc(Cc2ccc(Cl)cc2Cl)c2ccccc2c1=O. The van der Waals surface area contributed by atoms with E-state index < -0.39 is 0 Å². The summed E-state index contributed by atoms with van der Waals surface area (Å²) in [4.78, 5) is 12.1. The minimum Gasteiger partial charge on any atom is -0.267 e. The summed E-state index contributed by atoms with van der Waals surface area (Å²) < 4.78 is 1.36. The first-order chi connectivity index (χ1) is 10.1. The van der Waals surface area contributed by atoms with E-state index >= 15 is 0 Å². The van der Waals surface area contributed by atoms with Crippen molar-refractivity contribution in [2.45, 2.75) is 6.42 Å². The fraction of sp³-hybridized carbons (Fsp3) is 0.125. The molecule has 0 amide bonds. The number of benzene rings is 2. The first-order valence-electron chi connectivity index (χ1n) is 6.45. The van der Waals surface area contributed by atoms with Gasteiger partial charge in [0.1, 0.15) is 0 Å². The van der Waals surface area contributed by atoms with E-state index in [2.05, 4.69) is 5.10 Å². The second kappa shape index (κ2) is 5.51. The van der Waals surface area contributed by atoms with Gasteiger partial charge in [0.15, 0.2) is 0 Å². The van der Waals surface area contributed by atoms with Crippen LogP contribution in [0.15, 0.2) is 47.3 Å². The Labute approximate surface area is 131 Å². The smallest absolute Gasteiger partial charge is 0.267 e. The maximum atomic E-state index is 12.1. The topological polar surface area (TPSA) is 34.9 Å². The van der Waals surface area contributed by atoms with Crippen molar-refractivity contribution in [2.75, 3.05) is 0 Å². The van der Waals surface area contributed by atoms with E-state index in [1.165, 1.54) is 4.68 Å². The van der Waals surface area contributed by atoms with Crippen LogP contribution in [0.25, 0.3) is 10.8 Å². The maximum Gasteiger partial charge on any atom is 0.274 e. The van der Waals surface area contributed by atoms with Gasteiger partial charge in [-0.3, -0.25) is 4.79 Å². The molecule has 3 aromatic rings. The van der Waals surface area contributed by atoms with E-state index in [9.17, 15) is 4.79 Å². The molecule has 0 aliphatic rings. The van der Waals surface area contributed by atoms with Crippen LogP contribution >= 0.6 is 23.2 Å². The maximum absolute atomic E-state index is 12.1. The Bertz CT molecular complexity index is 887. The summed E-state index contributed by atoms with van der Waals surface area (Å²) in [6.07, 6.45) is 0.546. The molecule has 106 valence electrons. The molecule has 0 bridgehead atoms. The molecule has 0 N–H and O–H groups in total. The number of hydrogen-bond acceptors (Lipinski definition) is 2. The molecule has 3 rings (SSSR count). The average molecular weight is 319 g/mol. The minimum atomic E-state index is -0.100. The van der Waals surface area contributed by atoms with E-state index in [4.69, 9.17) is 23.2 Å². The lowest BCUT2D eigenvalue weighted by molar-refractivity contribution is 0.697. The summed E-state index contributed by atoms with van der Waals surface area (Å²) in [5, 5.41) is 7.09. The third-order valence-electron chi connectivity index (χ3n) is 3.41. The molecule has 21 heavy (non-hydrogen) atoms. The van der Waals surface area contributed by atoms with Crippen molar-refractivity contribution in [1.82, 2.24) is 9.78 Å². The van der Waals surface area contributed by atoms with Crippen molar-refractivity contribution < 1.29 is 0 Å². The van der Waals surface area contributed by atoms with Crippen LogP contribution in [-0.2, 0) is 13.5 Å². The molecule has 0 aliphatic heterocycles. The Morgan fingerprint density at radius 2 is 1.81 bits per heavy atom. The van der Waals surface area contributed by atoms with Crippen LogP contribution in [0.3, 0.4) is 0 Å². The van der Waals surface area contributed by atoms with Crippen molar-refractivity contribution in [2.24, 2.45) is 7.05 Å². The molecule has 1 heterocycles. The van der Waals surface area contributed by atoms with Gasteiger partial charge in [-0.1, -0.05) is 47.5 Å². The number of hydrogen-bond donors (Lipinski definition) is 0. The first kappa shape index (κ1) is 14.1. The second-order valence-corrected chi connectivity index (χ2v) is 5.68. The normalized spacial score (nSPS) is 11.0. The quantitative estimate of drug-likeness (QED) is 0.719. The Balaban J connectivity index is 2.17. The molecule has 0 fully saturated rings. The largest absolute Gasteiger partial charge is 0.274 e. The zero-order valence-electron chi connectivity index (χ0n) is 11.3. The lowest BCUT2D eigenvalue weighted by Gasteiger charge is -2.09. The summed E-state index contributed by atoms with van der Waals surface area (Å²) in [5.41, 5.74) is 1.64. The van der Waals surface area contributed by atoms with Crippen LogP contribution < -0.4 is 5.56 Å². The molecule has 0 spiro atoms. The van der Waals surface area contributed by atoms with E-state index in [1.807, 2.05) is 30.3 Å². The van der Waals surface area contributed by atoms with Gasteiger partial charge in [-0.25, -0.2) is 4.68 Å². The Kier molecular flexibility index (Phi) is 3.70. The molecule has 0 saturated carbocycles. The van der Waals surface area contributed by atoms with Gasteiger partial charge in [0.2, 0.25) is 0 Å². The number of aromatic nitrogens is 2. The molecule has 0 radical (unpaired) electrons. The number of nitrogens with zero attached hydrogens (tertiary/aromatic N) is 2. The monoisotopic (exact) mass is 318 g/mol. The van der Waals surface area contributed by atoms with Crippen LogP contribution in [0.5, 0.6) is 0 Å². The van der Waals surface area contributed by atoms with Crippen molar-refractivity contribution in [3.05, 3.63) is 74.1 Å². The lowest BCUT2D eigenvalue weighted by atomic mass is 10.0. The van der Waals surface area contributed by atoms with Gasteiger partial charge in [-0.15, -0.1) is 0 Å². The van der Waals surface area contributed by atoms with Crippen molar-refractivity contribution in [3.63, 3.8) is 0 Å². The molecule has 0 saturated heterocycles. The highest BCUT2D eigenvalue weighted by atomic mass is 35.5. The Hall–Kier alpha value is -1.84. The minimum absolute atomic E-state index is 0.100. The highest BCUT2D eigenvalue weighted by molar-refractivity contribution is 6.35. The number of aryl methyl sites for hydroxylation is 1. The summed E-state index contributed by atoms with van der Waals surface area (Å²) in [6, 6.07) is 12.9. The predicted octanol–water partition coefficient (Wildman–Crippen LogP) is 3.83. The average Bonchev–Trinajstić information content (AvgIpc) is 2.47. The zero-order valence-corrected chi connectivity index (χ0v) is 12.8. The highest BCUT2D eigenvalue weighted by Gasteiger charge is 2.11. The van der Waals surface area contributed by atoms with Gasteiger partial charge in [0.25, 0.3) is 5.56 Å². The molecule has 0 atom stereocenters. The molecule has 5 heteroatoms. The van der Waals surface area contributed by atoms with Crippen molar-refractivity contribution >= 4 is 34.0 Å². The number of fused-ring (bicyclic) bond motifs is 1. The number of rotatable bonds is 2. The third-order valence-corrected chi connectivity index (χ3v) is 3.99. The molecule has 0 unspecified atom stereocenters. The zero-order chi connectivity index (χ0) is 15.0. The summed E-state index contributed by atoms with van der Waals surface area (Å²) >= 11 is 12.1. The predicted molar refractivity (Wildman–Crippen MR) is 86.3 cm³/mol. The van der Waals surface area contributed by atoms with Crippen LogP contribution in [0.4, 0.5) is 0 Å². The van der Waals surface area contributed by atoms with Gasteiger partial charge in [0, 0.05) is 28.9 Å². The molecule has 1 aromatic heterocycles. The van der Waals surface area contributed by atoms with Gasteiger partial charge >= 0.3 is 0 Å². The van der Waals surface area contributed by atoms with Crippen LogP contribution in [-0.4, -0.2) is 9.78 Å². The molecule has 0 aliphatic carbocycles. The third kappa shape index (κ3) is 2.67. The summed E-state index contributed by atoms with van der Waals surface area (Å²) in [6.45, 7) is 0. The van der Waals surface area contributed by atoms with Gasteiger partial charge in [0.05, 0.1) is 11.1 Å². The summed E-state index contributed by atoms with van der Waals surface area (Å²) in [7, 11) is 1.65. The van der Waals surface area contributed by atoms with Gasteiger partial charge in [-0.05, 0) is 23.8 Å². The van der Waals surface area contributed by atoms with Crippen molar-refractivity contribution in [3.8, 4) is 0 Å². The van der Waals surface area contributed by atoms with Gasteiger partial charge < -0.3 is 0 Å².